The van der Waals surface area contributed by atoms with E-state index in [1.165, 1.54) is 0 Å². The van der Waals surface area contributed by atoms with E-state index >= 15 is 0 Å². The Morgan fingerprint density at radius 2 is 1.89 bits per heavy atom. The minimum absolute atomic E-state index is 0.262. The Morgan fingerprint density at radius 3 is 2.70 bits per heavy atom. The number of nitrogens with one attached hydrogen (secondary N) is 1. The highest BCUT2D eigenvalue weighted by Gasteiger charge is 2.12. The molecule has 0 amide bonds. The number of hydrogen-bond donors (Lipinski definition) is 1. The molecule has 0 saturated heterocycles. The molecule has 6 nitrogen and oxygen atoms in total. The molecule has 132 valence electrons. The molecule has 0 atom stereocenters. The van der Waals surface area contributed by atoms with Crippen molar-refractivity contribution < 1.29 is 4.74 Å². The zero-order valence-corrected chi connectivity index (χ0v) is 15.3. The average molecular weight is 373 g/mol. The molecule has 0 aliphatic carbocycles. The van der Waals surface area contributed by atoms with Crippen LogP contribution in [0.2, 0.25) is 0 Å². The van der Waals surface area contributed by atoms with Crippen LogP contribution in [0.25, 0.3) is 21.8 Å². The summed E-state index contributed by atoms with van der Waals surface area (Å²) in [4.78, 5) is 5.74. The van der Waals surface area contributed by atoms with Crippen molar-refractivity contribution in [2.45, 2.75) is 13.5 Å². The summed E-state index contributed by atoms with van der Waals surface area (Å²) in [7, 11) is 0. The van der Waals surface area contributed by atoms with Crippen LogP contribution in [-0.2, 0) is 6.61 Å². The first kappa shape index (κ1) is 16.9. The van der Waals surface area contributed by atoms with Crippen LogP contribution < -0.4 is 4.74 Å². The molecule has 4 aromatic rings. The first-order valence-electron chi connectivity index (χ1n) is 8.30. The number of nitriles is 1. The van der Waals surface area contributed by atoms with Crippen molar-refractivity contribution in [3.05, 3.63) is 70.9 Å². The quantitative estimate of drug-likeness (QED) is 0.562. The second kappa shape index (κ2) is 7.40. The molecule has 2 aromatic carbocycles. The summed E-state index contributed by atoms with van der Waals surface area (Å²) >= 11 is 1.63. The third-order valence-corrected chi connectivity index (χ3v) is 5.22. The second-order valence-electron chi connectivity index (χ2n) is 5.84. The Balaban J connectivity index is 1.52. The number of H-pyrrole nitrogens is 1. The molecule has 0 spiro atoms. The standard InChI is InChI=1S/C20H15N5OS/c1-13-18(27-20(22-13)14-6-3-2-4-7-14)12-26-16-9-5-8-15(10-16)19-17(11-21)23-25-24-19/h2-10H,12H2,1H3,(H,23,24,25). The monoisotopic (exact) mass is 373 g/mol. The molecule has 27 heavy (non-hydrogen) atoms. The van der Waals surface area contributed by atoms with Crippen molar-refractivity contribution in [2.24, 2.45) is 0 Å². The van der Waals surface area contributed by atoms with Gasteiger partial charge in [0.1, 0.15) is 29.1 Å². The molecule has 0 bridgehead atoms. The maximum absolute atomic E-state index is 9.11. The van der Waals surface area contributed by atoms with Gasteiger partial charge >= 0.3 is 0 Å². The van der Waals surface area contributed by atoms with Gasteiger partial charge in [0, 0.05) is 11.1 Å². The SMILES string of the molecule is Cc1nc(-c2ccccc2)sc1COc1cccc(-c2n[nH]nc2C#N)c1. The lowest BCUT2D eigenvalue weighted by Gasteiger charge is -2.06. The van der Waals surface area contributed by atoms with Crippen molar-refractivity contribution >= 4 is 11.3 Å². The molecule has 2 heterocycles. The molecule has 0 fully saturated rings. The summed E-state index contributed by atoms with van der Waals surface area (Å²) < 4.78 is 5.96. The molecular weight excluding hydrogens is 358 g/mol. The van der Waals surface area contributed by atoms with Crippen molar-refractivity contribution in [1.29, 1.82) is 5.26 Å². The number of nitrogens with zero attached hydrogens (tertiary/aromatic N) is 4. The van der Waals surface area contributed by atoms with Gasteiger partial charge in [0.2, 0.25) is 0 Å². The number of thiazole rings is 1. The highest BCUT2D eigenvalue weighted by atomic mass is 32.1. The van der Waals surface area contributed by atoms with E-state index in [1.807, 2.05) is 55.5 Å². The van der Waals surface area contributed by atoms with E-state index in [0.29, 0.717) is 18.1 Å². The minimum atomic E-state index is 0.262. The van der Waals surface area contributed by atoms with Gasteiger partial charge in [-0.3, -0.25) is 0 Å². The number of aryl methyl sites for hydroxylation is 1. The molecular formula is C20H15N5OS. The van der Waals surface area contributed by atoms with Crippen LogP contribution in [0.3, 0.4) is 0 Å². The zero-order chi connectivity index (χ0) is 18.6. The smallest absolute Gasteiger partial charge is 0.190 e. The van der Waals surface area contributed by atoms with E-state index in [9.17, 15) is 0 Å². The van der Waals surface area contributed by atoms with Crippen LogP contribution in [0.4, 0.5) is 0 Å². The average Bonchev–Trinajstić information content (AvgIpc) is 3.34. The van der Waals surface area contributed by atoms with Crippen molar-refractivity contribution in [1.82, 2.24) is 20.4 Å². The lowest BCUT2D eigenvalue weighted by atomic mass is 10.1. The maximum Gasteiger partial charge on any atom is 0.190 e. The Hall–Kier alpha value is -3.50. The third-order valence-electron chi connectivity index (χ3n) is 4.04. The van der Waals surface area contributed by atoms with Gasteiger partial charge in [-0.2, -0.15) is 15.6 Å². The molecule has 0 unspecified atom stereocenters. The molecule has 1 N–H and O–H groups in total. The Labute approximate surface area is 160 Å². The highest BCUT2D eigenvalue weighted by Crippen LogP contribution is 2.29. The Kier molecular flexibility index (Phi) is 4.64. The van der Waals surface area contributed by atoms with Crippen molar-refractivity contribution in [2.75, 3.05) is 0 Å². The minimum Gasteiger partial charge on any atom is -0.488 e. The molecule has 2 aromatic heterocycles. The maximum atomic E-state index is 9.11. The topological polar surface area (TPSA) is 87.5 Å². The van der Waals surface area contributed by atoms with Gasteiger partial charge in [0.05, 0.1) is 10.6 Å². The zero-order valence-electron chi connectivity index (χ0n) is 14.5. The fourth-order valence-corrected chi connectivity index (χ4v) is 3.64. The Bertz CT molecular complexity index is 1110. The van der Waals surface area contributed by atoms with Gasteiger partial charge in [-0.05, 0) is 19.1 Å². The van der Waals surface area contributed by atoms with Crippen LogP contribution in [0.15, 0.2) is 54.6 Å². The number of aromatic amines is 1. The molecule has 4 rings (SSSR count). The molecule has 0 radical (unpaired) electrons. The van der Waals surface area contributed by atoms with Crippen LogP contribution in [-0.4, -0.2) is 20.4 Å². The van der Waals surface area contributed by atoms with E-state index in [0.717, 1.165) is 26.7 Å². The number of hydrogen-bond acceptors (Lipinski definition) is 6. The van der Waals surface area contributed by atoms with Crippen molar-refractivity contribution in [3.63, 3.8) is 0 Å². The van der Waals surface area contributed by atoms with E-state index in [2.05, 4.69) is 32.5 Å². The number of ether oxygens (including phenoxy) is 1. The summed E-state index contributed by atoms with van der Waals surface area (Å²) in [5, 5.41) is 20.5. The van der Waals surface area contributed by atoms with Gasteiger partial charge < -0.3 is 4.74 Å². The van der Waals surface area contributed by atoms with E-state index in [-0.39, 0.29) is 5.69 Å². The van der Waals surface area contributed by atoms with Crippen LogP contribution >= 0.6 is 11.3 Å². The third kappa shape index (κ3) is 3.57. The summed E-state index contributed by atoms with van der Waals surface area (Å²) in [5.41, 5.74) is 3.64. The lowest BCUT2D eigenvalue weighted by molar-refractivity contribution is 0.309. The van der Waals surface area contributed by atoms with Crippen LogP contribution in [0.1, 0.15) is 16.3 Å². The summed E-state index contributed by atoms with van der Waals surface area (Å²) in [6.45, 7) is 2.43. The van der Waals surface area contributed by atoms with Crippen LogP contribution in [0, 0.1) is 18.3 Å². The fraction of sp³-hybridized carbons (Fsp3) is 0.100. The lowest BCUT2D eigenvalue weighted by Crippen LogP contribution is -1.95. The van der Waals surface area contributed by atoms with Gasteiger partial charge in [-0.25, -0.2) is 4.98 Å². The van der Waals surface area contributed by atoms with Gasteiger partial charge in [0.25, 0.3) is 0 Å². The predicted octanol–water partition coefficient (Wildman–Crippen LogP) is 4.35. The van der Waals surface area contributed by atoms with Crippen LogP contribution in [0.5, 0.6) is 5.75 Å². The first-order valence-corrected chi connectivity index (χ1v) is 9.12. The van der Waals surface area contributed by atoms with E-state index in [4.69, 9.17) is 10.00 Å². The largest absolute Gasteiger partial charge is 0.488 e. The molecule has 0 aliphatic heterocycles. The van der Waals surface area contributed by atoms with Gasteiger partial charge in [0.15, 0.2) is 5.69 Å². The summed E-state index contributed by atoms with van der Waals surface area (Å²) in [6.07, 6.45) is 0. The first-order chi connectivity index (χ1) is 13.2. The fourth-order valence-electron chi connectivity index (χ4n) is 2.66. The summed E-state index contributed by atoms with van der Waals surface area (Å²) in [6, 6.07) is 19.6. The molecule has 0 saturated carbocycles. The highest BCUT2D eigenvalue weighted by molar-refractivity contribution is 7.15. The molecule has 7 heteroatoms. The van der Waals surface area contributed by atoms with Gasteiger partial charge in [-0.1, -0.05) is 42.5 Å². The number of aromatic nitrogens is 4. The van der Waals surface area contributed by atoms with Crippen molar-refractivity contribution in [3.8, 4) is 33.6 Å². The predicted molar refractivity (Wildman–Crippen MR) is 103 cm³/mol. The van der Waals surface area contributed by atoms with E-state index in [1.54, 1.807) is 11.3 Å². The normalized spacial score (nSPS) is 10.5. The van der Waals surface area contributed by atoms with Gasteiger partial charge in [-0.15, -0.1) is 16.4 Å². The van der Waals surface area contributed by atoms with E-state index < -0.39 is 0 Å². The summed E-state index contributed by atoms with van der Waals surface area (Å²) in [5.74, 6) is 0.702. The Morgan fingerprint density at radius 1 is 1.07 bits per heavy atom. The number of rotatable bonds is 5. The second-order valence-corrected chi connectivity index (χ2v) is 6.93. The number of benzene rings is 2. The molecule has 0 aliphatic rings.